The molecular weight excluding hydrogens is 410 g/mol. The van der Waals surface area contributed by atoms with Crippen molar-refractivity contribution in [2.24, 2.45) is 0 Å². The number of aromatic amines is 1. The number of oxazole rings is 1. The fourth-order valence-corrected chi connectivity index (χ4v) is 3.88. The second-order valence-electron chi connectivity index (χ2n) is 7.35. The summed E-state index contributed by atoms with van der Waals surface area (Å²) in [5.41, 5.74) is 1.26. The normalized spacial score (nSPS) is 17.3. The van der Waals surface area contributed by atoms with Gasteiger partial charge in [-0.1, -0.05) is 18.2 Å². The Morgan fingerprint density at radius 3 is 2.87 bits per heavy atom. The number of alkyl halides is 2. The largest absolute Gasteiger partial charge is 0.458 e. The number of furan rings is 1. The van der Waals surface area contributed by atoms with Gasteiger partial charge in [0.15, 0.2) is 5.69 Å². The molecule has 3 aromatic heterocycles. The van der Waals surface area contributed by atoms with Crippen molar-refractivity contribution in [3.05, 3.63) is 71.2 Å². The number of rotatable bonds is 4. The first-order chi connectivity index (χ1) is 14.9. The fraction of sp³-hybridized carbons (Fsp3) is 0.286. The number of hydrogen-bond donors (Lipinski definition) is 2. The molecule has 0 spiro atoms. The lowest BCUT2D eigenvalue weighted by Crippen LogP contribution is -2.40. The van der Waals surface area contributed by atoms with Crippen molar-refractivity contribution in [2.45, 2.75) is 31.9 Å². The minimum absolute atomic E-state index is 0.225. The Bertz CT molecular complexity index is 1230. The van der Waals surface area contributed by atoms with E-state index in [0.29, 0.717) is 23.5 Å². The lowest BCUT2D eigenvalue weighted by atomic mass is 9.99. The van der Waals surface area contributed by atoms with Crippen LogP contribution in [-0.2, 0) is 6.42 Å². The Morgan fingerprint density at radius 1 is 1.32 bits per heavy atom. The van der Waals surface area contributed by atoms with Gasteiger partial charge in [-0.2, -0.15) is 0 Å². The van der Waals surface area contributed by atoms with Crippen LogP contribution in [0.1, 0.15) is 64.8 Å². The van der Waals surface area contributed by atoms with Gasteiger partial charge in [0, 0.05) is 24.0 Å². The molecule has 1 aliphatic heterocycles. The average molecular weight is 428 g/mol. The highest BCUT2D eigenvalue weighted by Gasteiger charge is 2.40. The molecule has 31 heavy (non-hydrogen) atoms. The second-order valence-corrected chi connectivity index (χ2v) is 7.35. The van der Waals surface area contributed by atoms with E-state index in [1.54, 1.807) is 12.1 Å². The smallest absolute Gasteiger partial charge is 0.292 e. The molecular formula is C21H18F2N4O4. The molecule has 0 unspecified atom stereocenters. The Labute approximate surface area is 174 Å². The summed E-state index contributed by atoms with van der Waals surface area (Å²) < 4.78 is 38.4. The summed E-state index contributed by atoms with van der Waals surface area (Å²) in [7, 11) is 0. The summed E-state index contributed by atoms with van der Waals surface area (Å²) in [6.45, 7) is 1.55. The predicted octanol–water partition coefficient (Wildman–Crippen LogP) is 3.92. The van der Waals surface area contributed by atoms with Crippen LogP contribution in [0.4, 0.5) is 8.78 Å². The number of benzene rings is 1. The molecule has 0 fully saturated rings. The monoisotopic (exact) mass is 428 g/mol. The van der Waals surface area contributed by atoms with E-state index in [1.807, 2.05) is 18.2 Å². The van der Waals surface area contributed by atoms with Crippen molar-refractivity contribution >= 4 is 16.9 Å². The summed E-state index contributed by atoms with van der Waals surface area (Å²) in [5.74, 6) is -1.24. The number of halogens is 2. The number of nitrogens with zero attached hydrogens (tertiary/aromatic N) is 3. The highest BCUT2D eigenvalue weighted by atomic mass is 19.3. The summed E-state index contributed by atoms with van der Waals surface area (Å²) in [5, 5.41) is 10.5. The molecule has 2 N–H and O–H groups in total. The molecule has 4 heterocycles. The van der Waals surface area contributed by atoms with Gasteiger partial charge in [0.05, 0.1) is 12.0 Å². The maximum atomic E-state index is 13.6. The van der Waals surface area contributed by atoms with Gasteiger partial charge in [0.2, 0.25) is 11.7 Å². The number of carbonyl (C=O) groups is 1. The third-order valence-electron chi connectivity index (χ3n) is 5.33. The van der Waals surface area contributed by atoms with E-state index in [9.17, 15) is 18.7 Å². The van der Waals surface area contributed by atoms with Crippen molar-refractivity contribution in [3.63, 3.8) is 0 Å². The van der Waals surface area contributed by atoms with Crippen LogP contribution in [0.2, 0.25) is 0 Å². The van der Waals surface area contributed by atoms with Gasteiger partial charge >= 0.3 is 0 Å². The number of nitrogens with one attached hydrogen (secondary N) is 1. The third-order valence-corrected chi connectivity index (χ3v) is 5.33. The van der Waals surface area contributed by atoms with Gasteiger partial charge in [-0.05, 0) is 19.1 Å². The van der Waals surface area contributed by atoms with Crippen molar-refractivity contribution in [1.82, 2.24) is 19.9 Å². The first kappa shape index (κ1) is 19.4. The van der Waals surface area contributed by atoms with E-state index in [0.717, 1.165) is 11.1 Å². The van der Waals surface area contributed by atoms with Gasteiger partial charge in [-0.3, -0.25) is 4.79 Å². The zero-order valence-corrected chi connectivity index (χ0v) is 16.4. The van der Waals surface area contributed by atoms with Crippen LogP contribution in [0.15, 0.2) is 45.5 Å². The first-order valence-corrected chi connectivity index (χ1v) is 9.72. The van der Waals surface area contributed by atoms with Gasteiger partial charge in [-0.15, -0.1) is 0 Å². The molecule has 160 valence electrons. The van der Waals surface area contributed by atoms with Crippen molar-refractivity contribution in [3.8, 4) is 0 Å². The average Bonchev–Trinajstić information content (AvgIpc) is 3.49. The molecule has 5 rings (SSSR count). The minimum Gasteiger partial charge on any atom is -0.458 e. The summed E-state index contributed by atoms with van der Waals surface area (Å²) in [6, 6.07) is 8.45. The SMILES string of the molecule is C[C@@H](O)c1nc(C(F)F)c(C(=O)N2CCc3[nH]cnc3[C@H]2c2cc3ccccc3o2)o1. The number of aliphatic hydroxyl groups is 1. The van der Waals surface area contributed by atoms with Gasteiger partial charge in [0.1, 0.15) is 23.5 Å². The molecule has 0 saturated carbocycles. The van der Waals surface area contributed by atoms with Crippen LogP contribution in [0.5, 0.6) is 0 Å². The number of H-pyrrole nitrogens is 1. The van der Waals surface area contributed by atoms with E-state index >= 15 is 0 Å². The number of aromatic nitrogens is 3. The van der Waals surface area contributed by atoms with E-state index in [1.165, 1.54) is 18.2 Å². The highest BCUT2D eigenvalue weighted by molar-refractivity contribution is 5.93. The zero-order valence-electron chi connectivity index (χ0n) is 16.4. The topological polar surface area (TPSA) is 108 Å². The second kappa shape index (κ2) is 7.31. The maximum Gasteiger partial charge on any atom is 0.292 e. The number of hydrogen-bond acceptors (Lipinski definition) is 6. The number of aliphatic hydroxyl groups excluding tert-OH is 1. The van der Waals surface area contributed by atoms with E-state index in [2.05, 4.69) is 15.0 Å². The van der Waals surface area contributed by atoms with Crippen LogP contribution in [-0.4, -0.2) is 37.4 Å². The standard InChI is InChI=1S/C21H18F2N4O4/c1-10(28)20-26-16(19(22)23)18(31-20)21(29)27-7-6-12-15(25-9-24-12)17(27)14-8-11-4-2-3-5-13(11)30-14/h2-5,8-10,17,19,28H,6-7H2,1H3,(H,24,25)/t10-,17-/m1/s1. The molecule has 0 radical (unpaired) electrons. The Balaban J connectivity index is 1.61. The van der Waals surface area contributed by atoms with Gasteiger partial charge in [0.25, 0.3) is 12.3 Å². The molecule has 0 bridgehead atoms. The van der Waals surface area contributed by atoms with Gasteiger partial charge < -0.3 is 23.8 Å². The number of carbonyl (C=O) groups excluding carboxylic acids is 1. The van der Waals surface area contributed by atoms with E-state index < -0.39 is 35.9 Å². The lowest BCUT2D eigenvalue weighted by molar-refractivity contribution is 0.0617. The minimum atomic E-state index is -3.04. The van der Waals surface area contributed by atoms with E-state index in [-0.39, 0.29) is 12.4 Å². The molecule has 10 heteroatoms. The number of imidazole rings is 1. The molecule has 0 aliphatic carbocycles. The summed E-state index contributed by atoms with van der Waals surface area (Å²) in [4.78, 5) is 25.8. The summed E-state index contributed by atoms with van der Waals surface area (Å²) >= 11 is 0. The Kier molecular flexibility index (Phi) is 4.58. The maximum absolute atomic E-state index is 13.6. The zero-order chi connectivity index (χ0) is 21.7. The number of para-hydroxylation sites is 1. The van der Waals surface area contributed by atoms with Gasteiger partial charge in [-0.25, -0.2) is 18.7 Å². The van der Waals surface area contributed by atoms with Crippen LogP contribution in [0, 0.1) is 0 Å². The van der Waals surface area contributed by atoms with E-state index in [4.69, 9.17) is 8.83 Å². The van der Waals surface area contributed by atoms with Crippen LogP contribution in [0.25, 0.3) is 11.0 Å². The molecule has 1 amide bonds. The van der Waals surface area contributed by atoms with Crippen LogP contribution in [0.3, 0.4) is 0 Å². The van der Waals surface area contributed by atoms with Crippen molar-refractivity contribution in [2.75, 3.05) is 6.54 Å². The fourth-order valence-electron chi connectivity index (χ4n) is 3.88. The molecule has 1 aromatic carbocycles. The van der Waals surface area contributed by atoms with Crippen LogP contribution >= 0.6 is 0 Å². The van der Waals surface area contributed by atoms with Crippen molar-refractivity contribution in [1.29, 1.82) is 0 Å². The first-order valence-electron chi connectivity index (χ1n) is 9.72. The van der Waals surface area contributed by atoms with Crippen molar-refractivity contribution < 1.29 is 27.5 Å². The molecule has 0 saturated heterocycles. The predicted molar refractivity (Wildman–Crippen MR) is 103 cm³/mol. The number of fused-ring (bicyclic) bond motifs is 2. The molecule has 2 atom stereocenters. The number of amides is 1. The molecule has 8 nitrogen and oxygen atoms in total. The molecule has 1 aliphatic rings. The quantitative estimate of drug-likeness (QED) is 0.510. The summed E-state index contributed by atoms with van der Waals surface area (Å²) in [6.07, 6.45) is -2.28. The third kappa shape index (κ3) is 3.19. The lowest BCUT2D eigenvalue weighted by Gasteiger charge is -2.33. The Morgan fingerprint density at radius 2 is 2.13 bits per heavy atom. The Hall–Kier alpha value is -3.53. The van der Waals surface area contributed by atoms with Crippen LogP contribution < -0.4 is 0 Å². The molecule has 4 aromatic rings. The highest BCUT2D eigenvalue weighted by Crippen LogP contribution is 2.38.